The zero-order chi connectivity index (χ0) is 20.3. The molecule has 9 heteroatoms. The average Bonchev–Trinajstić information content (AvgIpc) is 3.18. The number of thiazole rings is 1. The van der Waals surface area contributed by atoms with E-state index in [9.17, 15) is 4.21 Å². The summed E-state index contributed by atoms with van der Waals surface area (Å²) in [5.74, 6) is 3.10. The van der Waals surface area contributed by atoms with Crippen molar-refractivity contribution in [2.45, 2.75) is 0 Å². The molecule has 0 spiro atoms. The highest BCUT2D eigenvalue weighted by atomic mass is 32.2. The maximum absolute atomic E-state index is 11.6. The fourth-order valence-corrected chi connectivity index (χ4v) is 5.16. The molecular formula is C21H19N5O2S2. The second-order valence-corrected chi connectivity index (χ2v) is 9.49. The van der Waals surface area contributed by atoms with E-state index < -0.39 is 10.8 Å². The minimum Gasteiger partial charge on any atom is -0.436 e. The first-order valence-electron chi connectivity index (χ1n) is 9.56. The Hall–Kier alpha value is -3.04. The van der Waals surface area contributed by atoms with E-state index in [1.54, 1.807) is 23.7 Å². The zero-order valence-corrected chi connectivity index (χ0v) is 17.7. The van der Waals surface area contributed by atoms with Gasteiger partial charge in [-0.2, -0.15) is 0 Å². The predicted molar refractivity (Wildman–Crippen MR) is 122 cm³/mol. The summed E-state index contributed by atoms with van der Waals surface area (Å²) in [6, 6.07) is 15.7. The van der Waals surface area contributed by atoms with Gasteiger partial charge in [0.25, 0.3) is 5.88 Å². The van der Waals surface area contributed by atoms with Gasteiger partial charge in [-0.1, -0.05) is 23.5 Å². The van der Waals surface area contributed by atoms with Gasteiger partial charge in [-0.25, -0.2) is 15.0 Å². The van der Waals surface area contributed by atoms with Crippen LogP contribution in [0.5, 0.6) is 11.6 Å². The lowest BCUT2D eigenvalue weighted by atomic mass is 10.3. The van der Waals surface area contributed by atoms with Gasteiger partial charge in [0.1, 0.15) is 5.75 Å². The summed E-state index contributed by atoms with van der Waals surface area (Å²) >= 11 is 1.62. The SMILES string of the molecule is O=S1CCN(c2nccnc2Oc2ccc(Nc3nc4ccccc4s3)cc2)CC1. The normalized spacial score (nSPS) is 14.7. The van der Waals surface area contributed by atoms with E-state index in [1.807, 2.05) is 42.5 Å². The minimum absolute atomic E-state index is 0.456. The standard InChI is InChI=1S/C21H19N5O2S2/c27-30-13-11-26(12-14-30)19-20(23-10-9-22-19)28-16-7-5-15(6-8-16)24-21-25-17-3-1-2-4-18(17)29-21/h1-10H,11-14H2,(H,24,25). The predicted octanol–water partition coefficient (Wildman–Crippen LogP) is 4.19. The van der Waals surface area contributed by atoms with E-state index in [2.05, 4.69) is 31.2 Å². The van der Waals surface area contributed by atoms with Crippen molar-refractivity contribution in [2.24, 2.45) is 0 Å². The molecule has 0 saturated carbocycles. The Balaban J connectivity index is 1.30. The fraction of sp³-hybridized carbons (Fsp3) is 0.190. The third-order valence-electron chi connectivity index (χ3n) is 4.74. The topological polar surface area (TPSA) is 80.2 Å². The molecule has 1 aliphatic heterocycles. The summed E-state index contributed by atoms with van der Waals surface area (Å²) in [5.41, 5.74) is 1.92. The number of ether oxygens (including phenoxy) is 1. The second kappa shape index (κ2) is 8.37. The van der Waals surface area contributed by atoms with Crippen LogP contribution in [0, 0.1) is 0 Å². The molecule has 30 heavy (non-hydrogen) atoms. The Morgan fingerprint density at radius 2 is 1.77 bits per heavy atom. The first kappa shape index (κ1) is 19.0. The summed E-state index contributed by atoms with van der Waals surface area (Å²) in [4.78, 5) is 15.5. The summed E-state index contributed by atoms with van der Waals surface area (Å²) in [5, 5.41) is 4.19. The molecule has 2 aromatic heterocycles. The van der Waals surface area contributed by atoms with Crippen LogP contribution < -0.4 is 15.0 Å². The summed E-state index contributed by atoms with van der Waals surface area (Å²) in [7, 11) is -0.746. The van der Waals surface area contributed by atoms with Crippen molar-refractivity contribution in [3.63, 3.8) is 0 Å². The number of fused-ring (bicyclic) bond motifs is 1. The molecule has 0 amide bonds. The van der Waals surface area contributed by atoms with E-state index in [4.69, 9.17) is 4.74 Å². The number of rotatable bonds is 5. The van der Waals surface area contributed by atoms with Crippen molar-refractivity contribution >= 4 is 49.0 Å². The van der Waals surface area contributed by atoms with Crippen molar-refractivity contribution < 1.29 is 8.95 Å². The molecule has 0 unspecified atom stereocenters. The Morgan fingerprint density at radius 1 is 1.00 bits per heavy atom. The lowest BCUT2D eigenvalue weighted by Gasteiger charge is -2.27. The van der Waals surface area contributed by atoms with Crippen LogP contribution in [0.25, 0.3) is 10.2 Å². The van der Waals surface area contributed by atoms with Crippen LogP contribution in [0.15, 0.2) is 60.9 Å². The third-order valence-corrected chi connectivity index (χ3v) is 6.97. The molecule has 3 heterocycles. The number of nitrogens with zero attached hydrogens (tertiary/aromatic N) is 4. The van der Waals surface area contributed by atoms with Gasteiger partial charge in [-0.05, 0) is 36.4 Å². The van der Waals surface area contributed by atoms with Crippen LogP contribution in [-0.4, -0.2) is 43.8 Å². The van der Waals surface area contributed by atoms with Gasteiger partial charge < -0.3 is 15.0 Å². The Labute approximate surface area is 180 Å². The van der Waals surface area contributed by atoms with Crippen molar-refractivity contribution in [1.29, 1.82) is 0 Å². The lowest BCUT2D eigenvalue weighted by molar-refractivity contribution is 0.459. The summed E-state index contributed by atoms with van der Waals surface area (Å²) in [6.07, 6.45) is 3.27. The minimum atomic E-state index is -0.746. The molecule has 1 fully saturated rings. The number of hydrogen-bond donors (Lipinski definition) is 1. The van der Waals surface area contributed by atoms with Crippen LogP contribution in [-0.2, 0) is 10.8 Å². The molecule has 1 saturated heterocycles. The molecule has 0 atom stereocenters. The van der Waals surface area contributed by atoms with Crippen molar-refractivity contribution in [3.05, 3.63) is 60.9 Å². The van der Waals surface area contributed by atoms with Gasteiger partial charge in [0, 0.05) is 53.5 Å². The number of hydrogen-bond acceptors (Lipinski definition) is 8. The van der Waals surface area contributed by atoms with Gasteiger partial charge in [0.05, 0.1) is 10.2 Å². The fourth-order valence-electron chi connectivity index (χ4n) is 3.22. The molecule has 152 valence electrons. The van der Waals surface area contributed by atoms with Gasteiger partial charge in [-0.15, -0.1) is 0 Å². The van der Waals surface area contributed by atoms with Gasteiger partial charge >= 0.3 is 0 Å². The Morgan fingerprint density at radius 3 is 2.57 bits per heavy atom. The highest BCUT2D eigenvalue weighted by molar-refractivity contribution is 7.85. The van der Waals surface area contributed by atoms with Crippen molar-refractivity contribution in [2.75, 3.05) is 34.8 Å². The molecular weight excluding hydrogens is 418 g/mol. The number of para-hydroxylation sites is 1. The lowest BCUT2D eigenvalue weighted by Crippen LogP contribution is -2.38. The summed E-state index contributed by atoms with van der Waals surface area (Å²) < 4.78 is 18.8. The molecule has 5 rings (SSSR count). The number of nitrogens with one attached hydrogen (secondary N) is 1. The van der Waals surface area contributed by atoms with Crippen molar-refractivity contribution in [3.8, 4) is 11.6 Å². The molecule has 1 N–H and O–H groups in total. The van der Waals surface area contributed by atoms with Crippen LogP contribution in [0.4, 0.5) is 16.6 Å². The highest BCUT2D eigenvalue weighted by Gasteiger charge is 2.21. The quantitative estimate of drug-likeness (QED) is 0.501. The molecule has 0 bridgehead atoms. The van der Waals surface area contributed by atoms with Crippen LogP contribution in [0.1, 0.15) is 0 Å². The zero-order valence-electron chi connectivity index (χ0n) is 16.0. The van der Waals surface area contributed by atoms with E-state index in [0.29, 0.717) is 42.0 Å². The third kappa shape index (κ3) is 4.12. The molecule has 7 nitrogen and oxygen atoms in total. The van der Waals surface area contributed by atoms with Gasteiger partial charge in [0.15, 0.2) is 10.9 Å². The maximum Gasteiger partial charge on any atom is 0.263 e. The number of anilines is 3. The smallest absolute Gasteiger partial charge is 0.263 e. The van der Waals surface area contributed by atoms with Gasteiger partial charge in [-0.3, -0.25) is 4.21 Å². The van der Waals surface area contributed by atoms with Crippen LogP contribution in [0.2, 0.25) is 0 Å². The average molecular weight is 438 g/mol. The van der Waals surface area contributed by atoms with Crippen molar-refractivity contribution in [1.82, 2.24) is 15.0 Å². The molecule has 1 aliphatic rings. The molecule has 4 aromatic rings. The largest absolute Gasteiger partial charge is 0.436 e. The monoisotopic (exact) mass is 437 g/mol. The number of benzene rings is 2. The molecule has 2 aromatic carbocycles. The van der Waals surface area contributed by atoms with E-state index in [1.165, 1.54) is 0 Å². The second-order valence-electron chi connectivity index (χ2n) is 6.76. The van der Waals surface area contributed by atoms with E-state index >= 15 is 0 Å². The van der Waals surface area contributed by atoms with Crippen LogP contribution >= 0.6 is 11.3 Å². The first-order valence-corrected chi connectivity index (χ1v) is 11.9. The van der Waals surface area contributed by atoms with Crippen LogP contribution in [0.3, 0.4) is 0 Å². The van der Waals surface area contributed by atoms with E-state index in [-0.39, 0.29) is 0 Å². The molecule has 0 aliphatic carbocycles. The Bertz CT molecular complexity index is 1150. The Kier molecular flexibility index (Phi) is 5.29. The summed E-state index contributed by atoms with van der Waals surface area (Å²) in [6.45, 7) is 1.37. The highest BCUT2D eigenvalue weighted by Crippen LogP contribution is 2.31. The number of aromatic nitrogens is 3. The molecule has 0 radical (unpaired) electrons. The first-order chi connectivity index (χ1) is 14.7. The maximum atomic E-state index is 11.6. The van der Waals surface area contributed by atoms with Gasteiger partial charge in [0.2, 0.25) is 0 Å². The van der Waals surface area contributed by atoms with E-state index in [0.717, 1.165) is 21.0 Å².